The van der Waals surface area contributed by atoms with Gasteiger partial charge in [0.1, 0.15) is 12.2 Å². The maximum Gasteiger partial charge on any atom is 0.233 e. The first-order chi connectivity index (χ1) is 11.9. The van der Waals surface area contributed by atoms with Gasteiger partial charge in [-0.05, 0) is 24.3 Å². The van der Waals surface area contributed by atoms with Gasteiger partial charge in [-0.25, -0.2) is 4.39 Å². The number of nitrogens with one attached hydrogen (secondary N) is 3. The Labute approximate surface area is 144 Å². The van der Waals surface area contributed by atoms with Crippen molar-refractivity contribution in [2.24, 2.45) is 0 Å². The molecule has 0 atom stereocenters. The number of anilines is 2. The quantitative estimate of drug-likeness (QED) is 0.704. The molecule has 0 unspecified atom stereocenters. The molecule has 0 fully saturated rings. The third kappa shape index (κ3) is 6.06. The normalized spacial score (nSPS) is 10.0. The van der Waals surface area contributed by atoms with Gasteiger partial charge in [0.2, 0.25) is 17.7 Å². The van der Waals surface area contributed by atoms with Gasteiger partial charge in [0, 0.05) is 30.4 Å². The lowest BCUT2D eigenvalue weighted by Crippen LogP contribution is -2.28. The van der Waals surface area contributed by atoms with Crippen LogP contribution < -0.4 is 16.0 Å². The Hall–Kier alpha value is -3.22. The van der Waals surface area contributed by atoms with Gasteiger partial charge >= 0.3 is 0 Å². The number of halogens is 1. The molecule has 25 heavy (non-hydrogen) atoms. The predicted molar refractivity (Wildman–Crippen MR) is 92.2 cm³/mol. The summed E-state index contributed by atoms with van der Waals surface area (Å²) >= 11 is 0. The number of rotatable bonds is 6. The minimum Gasteiger partial charge on any atom is -0.351 e. The summed E-state index contributed by atoms with van der Waals surface area (Å²) in [5.41, 5.74) is 1.34. The number of hydrogen-bond donors (Lipinski definition) is 3. The van der Waals surface area contributed by atoms with Crippen molar-refractivity contribution >= 4 is 29.1 Å². The van der Waals surface area contributed by atoms with Gasteiger partial charge in [0.15, 0.2) is 0 Å². The van der Waals surface area contributed by atoms with E-state index in [1.54, 1.807) is 42.5 Å². The lowest BCUT2D eigenvalue weighted by atomic mass is 10.2. The highest BCUT2D eigenvalue weighted by atomic mass is 19.1. The van der Waals surface area contributed by atoms with E-state index in [9.17, 15) is 18.8 Å². The molecule has 0 heterocycles. The predicted octanol–water partition coefficient (Wildman–Crippen LogP) is 2.43. The van der Waals surface area contributed by atoms with Crippen molar-refractivity contribution in [2.45, 2.75) is 19.9 Å². The molecule has 6 nitrogen and oxygen atoms in total. The first-order valence-corrected chi connectivity index (χ1v) is 7.61. The van der Waals surface area contributed by atoms with Gasteiger partial charge < -0.3 is 16.0 Å². The van der Waals surface area contributed by atoms with E-state index in [1.807, 2.05) is 0 Å². The van der Waals surface area contributed by atoms with Gasteiger partial charge in [-0.2, -0.15) is 0 Å². The molecule has 2 rings (SSSR count). The van der Waals surface area contributed by atoms with Gasteiger partial charge in [-0.1, -0.05) is 24.3 Å². The zero-order valence-electron chi connectivity index (χ0n) is 13.6. The fourth-order valence-electron chi connectivity index (χ4n) is 2.13. The highest BCUT2D eigenvalue weighted by Crippen LogP contribution is 2.15. The molecular weight excluding hydrogens is 325 g/mol. The molecule has 130 valence electrons. The molecule has 0 aliphatic carbocycles. The fourth-order valence-corrected chi connectivity index (χ4v) is 2.13. The average molecular weight is 343 g/mol. The van der Waals surface area contributed by atoms with Crippen molar-refractivity contribution in [3.8, 4) is 0 Å². The summed E-state index contributed by atoms with van der Waals surface area (Å²) in [4.78, 5) is 34.7. The first-order valence-electron chi connectivity index (χ1n) is 7.61. The van der Waals surface area contributed by atoms with Gasteiger partial charge in [0.05, 0.1) is 0 Å². The second-order valence-electron chi connectivity index (χ2n) is 5.36. The summed E-state index contributed by atoms with van der Waals surface area (Å²) in [5.74, 6) is -1.66. The molecule has 3 N–H and O–H groups in total. The third-order valence-corrected chi connectivity index (χ3v) is 3.22. The van der Waals surface area contributed by atoms with Crippen LogP contribution in [0.15, 0.2) is 48.5 Å². The molecule has 0 saturated carbocycles. The minimum atomic E-state index is -0.515. The monoisotopic (exact) mass is 343 g/mol. The average Bonchev–Trinajstić information content (AvgIpc) is 2.53. The lowest BCUT2D eigenvalue weighted by Gasteiger charge is -2.09. The number of hydrogen-bond acceptors (Lipinski definition) is 3. The topological polar surface area (TPSA) is 87.3 Å². The van der Waals surface area contributed by atoms with Crippen molar-refractivity contribution in [1.82, 2.24) is 5.32 Å². The summed E-state index contributed by atoms with van der Waals surface area (Å²) < 4.78 is 13.5. The van der Waals surface area contributed by atoms with Crippen LogP contribution in [-0.4, -0.2) is 17.7 Å². The summed E-state index contributed by atoms with van der Waals surface area (Å²) in [6.45, 7) is 1.39. The Morgan fingerprint density at radius 3 is 2.28 bits per heavy atom. The Morgan fingerprint density at radius 2 is 1.60 bits per heavy atom. The van der Waals surface area contributed by atoms with Crippen molar-refractivity contribution in [1.29, 1.82) is 0 Å². The van der Waals surface area contributed by atoms with Gasteiger partial charge in [-0.3, -0.25) is 14.4 Å². The van der Waals surface area contributed by atoms with Gasteiger partial charge in [-0.15, -0.1) is 0 Å². The Balaban J connectivity index is 1.84. The molecule has 7 heteroatoms. The molecule has 0 radical (unpaired) electrons. The molecule has 0 saturated heterocycles. The molecular formula is C18H18FN3O3. The van der Waals surface area contributed by atoms with Crippen molar-refractivity contribution < 1.29 is 18.8 Å². The molecule has 0 aliphatic rings. The number of benzene rings is 2. The van der Waals surface area contributed by atoms with Crippen molar-refractivity contribution in [2.75, 3.05) is 10.6 Å². The second-order valence-corrected chi connectivity index (χ2v) is 5.36. The smallest absolute Gasteiger partial charge is 0.233 e. The molecule has 3 amide bonds. The molecule has 2 aromatic carbocycles. The molecule has 2 aromatic rings. The molecule has 0 spiro atoms. The van der Waals surface area contributed by atoms with E-state index in [1.165, 1.54) is 13.0 Å². The maximum atomic E-state index is 13.5. The molecule has 0 aromatic heterocycles. The van der Waals surface area contributed by atoms with Crippen LogP contribution in [0.1, 0.15) is 18.9 Å². The summed E-state index contributed by atoms with van der Waals surface area (Å²) in [6, 6.07) is 12.6. The van der Waals surface area contributed by atoms with Crippen LogP contribution in [-0.2, 0) is 20.9 Å². The highest BCUT2D eigenvalue weighted by molar-refractivity contribution is 6.03. The third-order valence-electron chi connectivity index (χ3n) is 3.22. The van der Waals surface area contributed by atoms with Crippen molar-refractivity contribution in [3.05, 3.63) is 59.9 Å². The zero-order valence-corrected chi connectivity index (χ0v) is 13.6. The number of amides is 3. The molecule has 0 bridgehead atoms. The number of carbonyl (C=O) groups excluding carboxylic acids is 3. The maximum absolute atomic E-state index is 13.5. The largest absolute Gasteiger partial charge is 0.351 e. The Bertz CT molecular complexity index is 793. The Morgan fingerprint density at radius 1 is 0.920 bits per heavy atom. The van der Waals surface area contributed by atoms with Crippen LogP contribution in [0.3, 0.4) is 0 Å². The van der Waals surface area contributed by atoms with E-state index >= 15 is 0 Å². The number of carbonyl (C=O) groups is 3. The standard InChI is InChI=1S/C18H18FN3O3/c1-12(23)21-14-6-4-7-15(9-14)22-18(25)10-17(24)20-11-13-5-2-3-8-16(13)19/h2-9H,10-11H2,1H3,(H,20,24)(H,21,23)(H,22,25). The van der Waals surface area contributed by atoms with Crippen LogP contribution in [0.25, 0.3) is 0 Å². The van der Waals surface area contributed by atoms with E-state index in [4.69, 9.17) is 0 Å². The molecule has 0 aliphatic heterocycles. The minimum absolute atomic E-state index is 0.0107. The van der Waals surface area contributed by atoms with Crippen LogP contribution in [0, 0.1) is 5.82 Å². The first kappa shape index (κ1) is 18.1. The van der Waals surface area contributed by atoms with Gasteiger partial charge in [0.25, 0.3) is 0 Å². The van der Waals surface area contributed by atoms with E-state index in [0.29, 0.717) is 16.9 Å². The summed E-state index contributed by atoms with van der Waals surface area (Å²) in [5, 5.41) is 7.67. The van der Waals surface area contributed by atoms with E-state index in [0.717, 1.165) is 0 Å². The van der Waals surface area contributed by atoms with E-state index in [-0.39, 0.29) is 12.5 Å². The summed E-state index contributed by atoms with van der Waals surface area (Å²) in [7, 11) is 0. The zero-order chi connectivity index (χ0) is 18.2. The lowest BCUT2D eigenvalue weighted by molar-refractivity contribution is -0.127. The highest BCUT2D eigenvalue weighted by Gasteiger charge is 2.11. The fraction of sp³-hybridized carbons (Fsp3) is 0.167. The van der Waals surface area contributed by atoms with Crippen LogP contribution >= 0.6 is 0 Å². The second kappa shape index (κ2) is 8.58. The van der Waals surface area contributed by atoms with Crippen molar-refractivity contribution in [3.63, 3.8) is 0 Å². The van der Waals surface area contributed by atoms with E-state index in [2.05, 4.69) is 16.0 Å². The van der Waals surface area contributed by atoms with E-state index < -0.39 is 24.1 Å². The Kier molecular flexibility index (Phi) is 6.22. The van der Waals surface area contributed by atoms with Crippen LogP contribution in [0.5, 0.6) is 0 Å². The van der Waals surface area contributed by atoms with Crippen LogP contribution in [0.2, 0.25) is 0 Å². The van der Waals surface area contributed by atoms with Crippen LogP contribution in [0.4, 0.5) is 15.8 Å². The summed E-state index contributed by atoms with van der Waals surface area (Å²) in [6.07, 6.45) is -0.390. The SMILES string of the molecule is CC(=O)Nc1cccc(NC(=O)CC(=O)NCc2ccccc2F)c1.